The molecular weight excluding hydrogens is 464 g/mol. The van der Waals surface area contributed by atoms with Crippen LogP contribution in [0.1, 0.15) is 51.8 Å². The highest BCUT2D eigenvalue weighted by Gasteiger charge is 2.20. The van der Waals surface area contributed by atoms with Gasteiger partial charge in [0.15, 0.2) is 0 Å². The maximum atomic E-state index is 13.7. The topological polar surface area (TPSA) is 99.2 Å². The van der Waals surface area contributed by atoms with E-state index in [4.69, 9.17) is 4.98 Å². The number of aryl methyl sites for hydroxylation is 1. The molecule has 5 aromatic rings. The molecule has 0 atom stereocenters. The molecule has 0 amide bonds. The number of rotatable bonds is 8. The molecule has 0 fully saturated rings. The zero-order valence-corrected chi connectivity index (χ0v) is 21.7. The van der Waals surface area contributed by atoms with Gasteiger partial charge in [0.1, 0.15) is 5.82 Å². The van der Waals surface area contributed by atoms with E-state index in [2.05, 4.69) is 52.9 Å². The number of hydrogen-bond acceptors (Lipinski definition) is 5. The number of imidazole rings is 1. The normalized spacial score (nSPS) is 11.8. The summed E-state index contributed by atoms with van der Waals surface area (Å²) >= 11 is 0. The van der Waals surface area contributed by atoms with Crippen LogP contribution in [0, 0.1) is 0 Å². The smallest absolute Gasteiger partial charge is 0.329 e. The molecule has 1 N–H and O–H groups in total. The van der Waals surface area contributed by atoms with Gasteiger partial charge in [0.05, 0.1) is 12.2 Å². The lowest BCUT2D eigenvalue weighted by molar-refractivity contribution is 0.393. The second kappa shape index (κ2) is 10.0. The molecule has 0 bridgehead atoms. The molecule has 0 aliphatic rings. The van der Waals surface area contributed by atoms with Crippen molar-refractivity contribution in [3.8, 4) is 28.5 Å². The zero-order chi connectivity index (χ0) is 26.0. The summed E-state index contributed by atoms with van der Waals surface area (Å²) in [5, 5.41) is 14.4. The Labute approximate surface area is 215 Å². The molecule has 0 saturated heterocycles. The highest BCUT2D eigenvalue weighted by atomic mass is 16.1. The molecule has 0 radical (unpaired) electrons. The largest absolute Gasteiger partial charge is 0.334 e. The maximum Gasteiger partial charge on any atom is 0.334 e. The van der Waals surface area contributed by atoms with Gasteiger partial charge in [-0.2, -0.15) is 5.21 Å². The minimum Gasteiger partial charge on any atom is -0.329 e. The van der Waals surface area contributed by atoms with E-state index in [1.807, 2.05) is 71.7 Å². The molecule has 0 spiro atoms. The number of H-pyrrole nitrogens is 1. The number of benzene rings is 1. The predicted octanol–water partition coefficient (Wildman–Crippen LogP) is 4.83. The van der Waals surface area contributed by atoms with Crippen LogP contribution in [0.2, 0.25) is 0 Å². The fourth-order valence-electron chi connectivity index (χ4n) is 4.59. The Kier molecular flexibility index (Phi) is 6.60. The summed E-state index contributed by atoms with van der Waals surface area (Å²) in [7, 11) is 0. The summed E-state index contributed by atoms with van der Waals surface area (Å²) in [5.74, 6) is 1.40. The van der Waals surface area contributed by atoms with E-state index in [1.165, 1.54) is 0 Å². The van der Waals surface area contributed by atoms with Crippen LogP contribution in [-0.2, 0) is 18.5 Å². The molecule has 0 saturated carbocycles. The first-order valence-corrected chi connectivity index (χ1v) is 12.6. The van der Waals surface area contributed by atoms with Crippen LogP contribution in [0.15, 0.2) is 71.9 Å². The average molecular weight is 497 g/mol. The molecule has 9 heteroatoms. The van der Waals surface area contributed by atoms with Gasteiger partial charge < -0.3 is 4.57 Å². The summed E-state index contributed by atoms with van der Waals surface area (Å²) in [4.78, 5) is 18.4. The number of nitrogens with zero attached hydrogens (tertiary/aromatic N) is 7. The van der Waals surface area contributed by atoms with E-state index in [9.17, 15) is 4.79 Å². The van der Waals surface area contributed by atoms with E-state index < -0.39 is 0 Å². The van der Waals surface area contributed by atoms with Gasteiger partial charge in [-0.3, -0.25) is 14.1 Å². The van der Waals surface area contributed by atoms with E-state index in [1.54, 1.807) is 4.57 Å². The first kappa shape index (κ1) is 24.4. The molecule has 37 heavy (non-hydrogen) atoms. The van der Waals surface area contributed by atoms with Crippen molar-refractivity contribution in [2.24, 2.45) is 0 Å². The van der Waals surface area contributed by atoms with Gasteiger partial charge in [-0.05, 0) is 62.6 Å². The van der Waals surface area contributed by atoms with Crippen molar-refractivity contribution in [3.05, 3.63) is 88.9 Å². The fraction of sp³-hybridized carbons (Fsp3) is 0.321. The van der Waals surface area contributed by atoms with Gasteiger partial charge in [0.25, 0.3) is 0 Å². The lowest BCUT2D eigenvalue weighted by Crippen LogP contribution is -2.29. The molecule has 1 aromatic carbocycles. The van der Waals surface area contributed by atoms with Crippen molar-refractivity contribution in [3.63, 3.8) is 0 Å². The SMILES string of the molecule is CCCCc1cn(-c2cccn2C(C)(C)C)c(=O)n1Cc1ccc(-c2ccccc2-c2nn[nH]n2)nc1. The van der Waals surface area contributed by atoms with Gasteiger partial charge in [0.2, 0.25) is 5.82 Å². The Bertz CT molecular complexity index is 1530. The minimum atomic E-state index is -0.137. The van der Waals surface area contributed by atoms with Crippen molar-refractivity contribution in [2.75, 3.05) is 0 Å². The molecule has 9 nitrogen and oxygen atoms in total. The number of unbranched alkanes of at least 4 members (excludes halogenated alkanes) is 1. The zero-order valence-electron chi connectivity index (χ0n) is 21.7. The van der Waals surface area contributed by atoms with Crippen molar-refractivity contribution >= 4 is 0 Å². The highest BCUT2D eigenvalue weighted by molar-refractivity contribution is 5.78. The number of tetrazole rings is 1. The van der Waals surface area contributed by atoms with Gasteiger partial charge in [-0.25, -0.2) is 4.79 Å². The number of aromatic amines is 1. The molecule has 0 aliphatic heterocycles. The lowest BCUT2D eigenvalue weighted by Gasteiger charge is -2.24. The Morgan fingerprint density at radius 3 is 2.49 bits per heavy atom. The van der Waals surface area contributed by atoms with Crippen LogP contribution in [0.4, 0.5) is 0 Å². The molecule has 4 aromatic heterocycles. The standard InChI is InChI=1S/C28H32N8O/c1-5-6-10-21-19-35(25-13-9-16-36(25)28(2,3)4)27(37)34(21)18-20-14-15-24(29-17-20)22-11-7-8-12-23(22)26-30-32-33-31-26/h7-9,11-17,19H,5-6,10,18H2,1-4H3,(H,30,31,32,33). The van der Waals surface area contributed by atoms with Gasteiger partial charge in [-0.1, -0.05) is 43.7 Å². The number of hydrogen-bond donors (Lipinski definition) is 1. The number of nitrogens with one attached hydrogen (secondary N) is 1. The van der Waals surface area contributed by atoms with Crippen LogP contribution < -0.4 is 5.69 Å². The maximum absolute atomic E-state index is 13.7. The van der Waals surface area contributed by atoms with Crippen LogP contribution in [0.3, 0.4) is 0 Å². The third kappa shape index (κ3) is 4.89. The monoisotopic (exact) mass is 496 g/mol. The molecule has 190 valence electrons. The minimum absolute atomic E-state index is 0.0400. The summed E-state index contributed by atoms with van der Waals surface area (Å²) in [5.41, 5.74) is 4.40. The quantitative estimate of drug-likeness (QED) is 0.332. The third-order valence-electron chi connectivity index (χ3n) is 6.50. The fourth-order valence-corrected chi connectivity index (χ4v) is 4.59. The van der Waals surface area contributed by atoms with Crippen LogP contribution >= 0.6 is 0 Å². The van der Waals surface area contributed by atoms with Crippen LogP contribution in [0.25, 0.3) is 28.5 Å². The predicted molar refractivity (Wildman–Crippen MR) is 144 cm³/mol. The molecule has 0 aliphatic carbocycles. The van der Waals surface area contributed by atoms with E-state index in [0.29, 0.717) is 12.4 Å². The second-order valence-corrected chi connectivity index (χ2v) is 10.2. The van der Waals surface area contributed by atoms with E-state index >= 15 is 0 Å². The molecular formula is C28H32N8O. The van der Waals surface area contributed by atoms with Crippen LogP contribution in [0.5, 0.6) is 0 Å². The van der Waals surface area contributed by atoms with Crippen molar-refractivity contribution < 1.29 is 0 Å². The van der Waals surface area contributed by atoms with Gasteiger partial charge in [0, 0.05) is 41.0 Å². The van der Waals surface area contributed by atoms with E-state index in [0.717, 1.165) is 53.2 Å². The summed E-state index contributed by atoms with van der Waals surface area (Å²) < 4.78 is 5.79. The highest BCUT2D eigenvalue weighted by Crippen LogP contribution is 2.28. The van der Waals surface area contributed by atoms with Gasteiger partial charge in [-0.15, -0.1) is 10.2 Å². The first-order valence-electron chi connectivity index (χ1n) is 12.6. The summed E-state index contributed by atoms with van der Waals surface area (Å²) in [6.45, 7) is 9.04. The van der Waals surface area contributed by atoms with Crippen LogP contribution in [-0.4, -0.2) is 39.3 Å². The Morgan fingerprint density at radius 2 is 1.81 bits per heavy atom. The first-order chi connectivity index (χ1) is 17.9. The second-order valence-electron chi connectivity index (χ2n) is 10.2. The van der Waals surface area contributed by atoms with Crippen molar-refractivity contribution in [2.45, 2.75) is 59.0 Å². The Morgan fingerprint density at radius 1 is 1.00 bits per heavy atom. The molecule has 5 rings (SSSR count). The summed E-state index contributed by atoms with van der Waals surface area (Å²) in [6.07, 6.45) is 8.80. The summed E-state index contributed by atoms with van der Waals surface area (Å²) in [6, 6.07) is 15.8. The average Bonchev–Trinajstić information content (AvgIpc) is 3.65. The van der Waals surface area contributed by atoms with Crippen molar-refractivity contribution in [1.82, 2.24) is 39.3 Å². The Hall–Kier alpha value is -4.27. The lowest BCUT2D eigenvalue weighted by atomic mass is 10.0. The van der Waals surface area contributed by atoms with E-state index in [-0.39, 0.29) is 11.2 Å². The third-order valence-corrected chi connectivity index (χ3v) is 6.50. The molecule has 4 heterocycles. The van der Waals surface area contributed by atoms with Crippen molar-refractivity contribution in [1.29, 1.82) is 0 Å². The molecule has 0 unspecified atom stereocenters. The van der Waals surface area contributed by atoms with Gasteiger partial charge >= 0.3 is 5.69 Å². The number of pyridine rings is 1. The number of aromatic nitrogens is 8. The Balaban J connectivity index is 1.48.